The molecule has 140 valence electrons. The molecule has 1 aliphatic carbocycles. The topological polar surface area (TPSA) is 8.81 Å². The molecule has 2 heterocycles. The molecule has 1 saturated carbocycles. The van der Waals surface area contributed by atoms with E-state index in [1.807, 2.05) is 0 Å². The van der Waals surface area contributed by atoms with Crippen molar-refractivity contribution in [3.8, 4) is 5.69 Å². The van der Waals surface area contributed by atoms with E-state index >= 15 is 0 Å². The Morgan fingerprint density at radius 1 is 0.893 bits per heavy atom. The molecule has 6 rings (SSSR count). The highest BCUT2D eigenvalue weighted by Crippen LogP contribution is 2.43. The zero-order valence-electron chi connectivity index (χ0n) is 16.7. The molecular weight excluding hydrogens is 340 g/mol. The van der Waals surface area contributed by atoms with Gasteiger partial charge in [0.1, 0.15) is 0 Å². The van der Waals surface area contributed by atoms with Gasteiger partial charge in [-0.2, -0.15) is 0 Å². The van der Waals surface area contributed by atoms with Gasteiger partial charge in [-0.15, -0.1) is 0 Å². The number of nitrogens with zero attached hydrogens (tertiary/aromatic N) is 2. The van der Waals surface area contributed by atoms with Gasteiger partial charge in [-0.25, -0.2) is 0 Å². The molecule has 0 bridgehead atoms. The van der Waals surface area contributed by atoms with Crippen molar-refractivity contribution in [1.29, 1.82) is 0 Å². The van der Waals surface area contributed by atoms with Crippen LogP contribution >= 0.6 is 0 Å². The lowest BCUT2D eigenvalue weighted by atomic mass is 9.74. The molecule has 0 amide bonds. The molecule has 1 fully saturated rings. The first-order valence-corrected chi connectivity index (χ1v) is 10.7. The zero-order valence-corrected chi connectivity index (χ0v) is 16.7. The molecule has 28 heavy (non-hydrogen) atoms. The van der Waals surface area contributed by atoms with Crippen LogP contribution in [0, 0.1) is 6.33 Å². The predicted molar refractivity (Wildman–Crippen MR) is 114 cm³/mol. The molecule has 0 atom stereocenters. The summed E-state index contributed by atoms with van der Waals surface area (Å²) in [5.74, 6) is 0. The number of aromatic nitrogens is 2. The maximum atomic E-state index is 3.79. The highest BCUT2D eigenvalue weighted by Gasteiger charge is 2.34. The Morgan fingerprint density at radius 2 is 1.64 bits per heavy atom. The van der Waals surface area contributed by atoms with Gasteiger partial charge in [0.05, 0.1) is 22.8 Å². The number of rotatable bonds is 1. The second kappa shape index (κ2) is 5.70. The zero-order chi connectivity index (χ0) is 18.9. The van der Waals surface area contributed by atoms with Gasteiger partial charge in [-0.1, -0.05) is 68.8 Å². The molecule has 1 aliphatic heterocycles. The first-order valence-electron chi connectivity index (χ1n) is 10.7. The smallest absolute Gasteiger partial charge is 0.244 e. The minimum atomic E-state index is -0.0224. The van der Waals surface area contributed by atoms with Crippen LogP contribution in [0.5, 0.6) is 0 Å². The highest BCUT2D eigenvalue weighted by atomic mass is 15.2. The van der Waals surface area contributed by atoms with E-state index in [0.29, 0.717) is 6.04 Å². The van der Waals surface area contributed by atoms with Crippen LogP contribution in [0.1, 0.15) is 63.1 Å². The van der Waals surface area contributed by atoms with Crippen molar-refractivity contribution in [1.82, 2.24) is 4.57 Å². The van der Waals surface area contributed by atoms with E-state index in [2.05, 4.69) is 83.9 Å². The van der Waals surface area contributed by atoms with Gasteiger partial charge in [0.2, 0.25) is 6.33 Å². The number of para-hydroxylation sites is 1. The Kier molecular flexibility index (Phi) is 3.33. The van der Waals surface area contributed by atoms with Crippen molar-refractivity contribution in [2.75, 3.05) is 0 Å². The second-order valence-corrected chi connectivity index (χ2v) is 9.11. The minimum absolute atomic E-state index is 0.0224. The van der Waals surface area contributed by atoms with Gasteiger partial charge in [-0.05, 0) is 53.6 Å². The molecule has 0 saturated heterocycles. The standard InChI is InChI=1S/C26H26N2/c1-26(2)21-13-8-14-23-25(21)28(17-27(23)20-11-4-3-5-12-20)24-16-19-10-7-6-9-18(19)15-22(24)26/h6-10,13-16,20H,3-5,11-12H2,1-2H3. The number of hydrogen-bond acceptors (Lipinski definition) is 0. The molecule has 2 nitrogen and oxygen atoms in total. The van der Waals surface area contributed by atoms with Gasteiger partial charge in [-0.3, -0.25) is 0 Å². The van der Waals surface area contributed by atoms with Crippen molar-refractivity contribution < 1.29 is 4.57 Å². The average molecular weight is 367 g/mol. The van der Waals surface area contributed by atoms with E-state index in [4.69, 9.17) is 0 Å². The molecule has 0 spiro atoms. The highest BCUT2D eigenvalue weighted by molar-refractivity contribution is 5.88. The van der Waals surface area contributed by atoms with Crippen molar-refractivity contribution in [3.63, 3.8) is 0 Å². The fourth-order valence-electron chi connectivity index (χ4n) is 5.53. The summed E-state index contributed by atoms with van der Waals surface area (Å²) in [6.07, 6.45) is 10.4. The Balaban J connectivity index is 1.70. The second-order valence-electron chi connectivity index (χ2n) is 9.11. The van der Waals surface area contributed by atoms with E-state index in [1.165, 1.54) is 70.7 Å². The van der Waals surface area contributed by atoms with Gasteiger partial charge in [0.15, 0.2) is 0 Å². The lowest BCUT2D eigenvalue weighted by Crippen LogP contribution is -2.40. The molecule has 4 aromatic rings. The fourth-order valence-corrected chi connectivity index (χ4v) is 5.53. The summed E-state index contributed by atoms with van der Waals surface area (Å²) >= 11 is 0. The van der Waals surface area contributed by atoms with Crippen molar-refractivity contribution >= 4 is 21.8 Å². The molecule has 2 aliphatic rings. The quantitative estimate of drug-likeness (QED) is 0.288. The minimum Gasteiger partial charge on any atom is -0.319 e. The Labute approximate surface area is 166 Å². The van der Waals surface area contributed by atoms with Crippen molar-refractivity contribution in [3.05, 3.63) is 72.1 Å². The molecule has 3 aromatic carbocycles. The van der Waals surface area contributed by atoms with Crippen LogP contribution in [0.4, 0.5) is 0 Å². The maximum absolute atomic E-state index is 3.79. The Morgan fingerprint density at radius 3 is 2.43 bits per heavy atom. The van der Waals surface area contributed by atoms with Crippen LogP contribution < -0.4 is 4.57 Å². The first kappa shape index (κ1) is 16.4. The van der Waals surface area contributed by atoms with E-state index in [-0.39, 0.29) is 5.41 Å². The van der Waals surface area contributed by atoms with Crippen LogP contribution in [0.15, 0.2) is 54.6 Å². The third kappa shape index (κ3) is 2.12. The summed E-state index contributed by atoms with van der Waals surface area (Å²) < 4.78 is 4.81. The monoisotopic (exact) mass is 366 g/mol. The third-order valence-corrected chi connectivity index (χ3v) is 7.10. The lowest BCUT2D eigenvalue weighted by Gasteiger charge is -2.35. The van der Waals surface area contributed by atoms with Gasteiger partial charge in [0, 0.05) is 5.41 Å². The summed E-state index contributed by atoms with van der Waals surface area (Å²) in [4.78, 5) is 0. The van der Waals surface area contributed by atoms with Gasteiger partial charge in [0.25, 0.3) is 0 Å². The van der Waals surface area contributed by atoms with Crippen molar-refractivity contribution in [2.24, 2.45) is 0 Å². The SMILES string of the molecule is CC1(C)c2cc3ccccc3cc2-[n+]2[c-]n(C3CCCCC3)c3cccc1c32. The Hall–Kier alpha value is -2.61. The van der Waals surface area contributed by atoms with Gasteiger partial charge < -0.3 is 9.13 Å². The molecular formula is C26H26N2. The lowest BCUT2D eigenvalue weighted by molar-refractivity contribution is -0.575. The summed E-state index contributed by atoms with van der Waals surface area (Å²) in [7, 11) is 0. The normalized spacial score (nSPS) is 18.5. The predicted octanol–water partition coefficient (Wildman–Crippen LogP) is 6.02. The number of benzene rings is 3. The van der Waals surface area contributed by atoms with E-state index < -0.39 is 0 Å². The van der Waals surface area contributed by atoms with Crippen LogP contribution in [0.3, 0.4) is 0 Å². The average Bonchev–Trinajstić information content (AvgIpc) is 3.12. The number of hydrogen-bond donors (Lipinski definition) is 0. The summed E-state index contributed by atoms with van der Waals surface area (Å²) in [5.41, 5.74) is 6.78. The molecule has 0 radical (unpaired) electrons. The van der Waals surface area contributed by atoms with E-state index in [9.17, 15) is 0 Å². The molecule has 0 unspecified atom stereocenters. The van der Waals surface area contributed by atoms with E-state index in [0.717, 1.165) is 0 Å². The van der Waals surface area contributed by atoms with Crippen LogP contribution in [0.25, 0.3) is 27.5 Å². The summed E-state index contributed by atoms with van der Waals surface area (Å²) in [6.45, 7) is 4.74. The molecule has 0 N–H and O–H groups in total. The van der Waals surface area contributed by atoms with Gasteiger partial charge >= 0.3 is 0 Å². The van der Waals surface area contributed by atoms with Crippen molar-refractivity contribution in [2.45, 2.75) is 57.4 Å². The fraction of sp³-hybridized carbons (Fsp3) is 0.346. The number of fused-ring (bicyclic) bond motifs is 3. The van der Waals surface area contributed by atoms with Crippen LogP contribution in [-0.4, -0.2) is 4.57 Å². The maximum Gasteiger partial charge on any atom is 0.244 e. The van der Waals surface area contributed by atoms with Crippen LogP contribution in [-0.2, 0) is 5.41 Å². The van der Waals surface area contributed by atoms with E-state index in [1.54, 1.807) is 0 Å². The van der Waals surface area contributed by atoms with Crippen LogP contribution in [0.2, 0.25) is 0 Å². The first-order chi connectivity index (χ1) is 13.6. The summed E-state index contributed by atoms with van der Waals surface area (Å²) in [6, 6.07) is 20.9. The molecule has 1 aromatic heterocycles. The molecule has 2 heteroatoms. The Bertz CT molecular complexity index is 1220. The largest absolute Gasteiger partial charge is 0.319 e. The number of imidazole rings is 1. The third-order valence-electron chi connectivity index (χ3n) is 7.10. The summed E-state index contributed by atoms with van der Waals surface area (Å²) in [5, 5.41) is 2.62.